The molecule has 4 aromatic rings. The topological polar surface area (TPSA) is 38.8 Å². The Kier molecular flexibility index (Phi) is 7.61. The van der Waals surface area contributed by atoms with Crippen LogP contribution < -0.4 is 9.47 Å². The number of hydrogen-bond donors (Lipinski definition) is 0. The number of nitrogens with zero attached hydrogens (tertiary/aromatic N) is 1. The fourth-order valence-corrected chi connectivity index (χ4v) is 3.88. The average Bonchev–Trinajstić information content (AvgIpc) is 2.88. The number of carbonyl (C=O) groups is 1. The Morgan fingerprint density at radius 2 is 1.41 bits per heavy atom. The lowest BCUT2D eigenvalue weighted by atomic mass is 10.1. The summed E-state index contributed by atoms with van der Waals surface area (Å²) >= 11 is 0. The van der Waals surface area contributed by atoms with Crippen LogP contribution in [0.25, 0.3) is 0 Å². The van der Waals surface area contributed by atoms with E-state index in [0.717, 1.165) is 28.0 Å². The molecular weight excluding hydrogens is 422 g/mol. The van der Waals surface area contributed by atoms with Gasteiger partial charge in [0, 0.05) is 24.2 Å². The van der Waals surface area contributed by atoms with Crippen LogP contribution in [0.15, 0.2) is 103 Å². The van der Waals surface area contributed by atoms with Crippen LogP contribution in [0, 0.1) is 6.92 Å². The zero-order valence-electron chi connectivity index (χ0n) is 19.6. The van der Waals surface area contributed by atoms with E-state index in [-0.39, 0.29) is 5.91 Å². The molecule has 0 fully saturated rings. The van der Waals surface area contributed by atoms with Gasteiger partial charge in [-0.25, -0.2) is 0 Å². The van der Waals surface area contributed by atoms with Crippen LogP contribution in [0.4, 0.5) is 0 Å². The Hall–Kier alpha value is -4.05. The highest BCUT2D eigenvalue weighted by Crippen LogP contribution is 2.24. The fraction of sp³-hybridized carbons (Fsp3) is 0.167. The first-order chi connectivity index (χ1) is 16.6. The molecule has 0 saturated carbocycles. The van der Waals surface area contributed by atoms with Crippen molar-refractivity contribution >= 4 is 5.91 Å². The van der Waals surface area contributed by atoms with Gasteiger partial charge in [0.2, 0.25) is 0 Å². The molecular formula is C30H29NO3. The molecule has 0 aliphatic rings. The van der Waals surface area contributed by atoms with Gasteiger partial charge in [-0.05, 0) is 53.9 Å². The van der Waals surface area contributed by atoms with Crippen molar-refractivity contribution in [2.45, 2.75) is 26.6 Å². The minimum atomic E-state index is -0.0350. The number of rotatable bonds is 9. The van der Waals surface area contributed by atoms with Crippen LogP contribution in [0.2, 0.25) is 0 Å². The number of aryl methyl sites for hydroxylation is 1. The van der Waals surface area contributed by atoms with Crippen LogP contribution in [-0.4, -0.2) is 17.9 Å². The molecule has 0 aliphatic carbocycles. The lowest BCUT2D eigenvalue weighted by Crippen LogP contribution is -2.30. The van der Waals surface area contributed by atoms with Crippen molar-refractivity contribution in [3.05, 3.63) is 131 Å². The summed E-state index contributed by atoms with van der Waals surface area (Å²) in [5.41, 5.74) is 4.74. The highest BCUT2D eigenvalue weighted by molar-refractivity contribution is 5.94. The quantitative estimate of drug-likeness (QED) is 0.295. The lowest BCUT2D eigenvalue weighted by Gasteiger charge is -2.24. The maximum absolute atomic E-state index is 13.7. The van der Waals surface area contributed by atoms with E-state index >= 15 is 0 Å². The average molecular weight is 452 g/mol. The van der Waals surface area contributed by atoms with Gasteiger partial charge < -0.3 is 14.4 Å². The van der Waals surface area contributed by atoms with E-state index in [1.807, 2.05) is 115 Å². The summed E-state index contributed by atoms with van der Waals surface area (Å²) < 4.78 is 11.5. The second kappa shape index (κ2) is 11.2. The summed E-state index contributed by atoms with van der Waals surface area (Å²) in [6.07, 6.45) is 0. The van der Waals surface area contributed by atoms with Gasteiger partial charge in [0.25, 0.3) is 5.91 Å². The largest absolute Gasteiger partial charge is 0.496 e. The van der Waals surface area contributed by atoms with Crippen molar-refractivity contribution in [1.29, 1.82) is 0 Å². The van der Waals surface area contributed by atoms with Gasteiger partial charge in [-0.2, -0.15) is 0 Å². The van der Waals surface area contributed by atoms with Crippen LogP contribution in [0.1, 0.15) is 32.6 Å². The molecule has 0 atom stereocenters. The Morgan fingerprint density at radius 3 is 2.00 bits per heavy atom. The van der Waals surface area contributed by atoms with Crippen LogP contribution >= 0.6 is 0 Å². The van der Waals surface area contributed by atoms with Gasteiger partial charge in [0.05, 0.1) is 7.11 Å². The van der Waals surface area contributed by atoms with Crippen molar-refractivity contribution in [3.8, 4) is 11.5 Å². The zero-order valence-corrected chi connectivity index (χ0v) is 19.6. The second-order valence-corrected chi connectivity index (χ2v) is 8.26. The number of carbonyl (C=O) groups excluding carboxylic acids is 1. The number of hydrogen-bond acceptors (Lipinski definition) is 3. The van der Waals surface area contributed by atoms with Crippen LogP contribution in [0.5, 0.6) is 11.5 Å². The molecule has 0 aromatic heterocycles. The lowest BCUT2D eigenvalue weighted by molar-refractivity contribution is 0.0730. The van der Waals surface area contributed by atoms with E-state index in [0.29, 0.717) is 31.0 Å². The molecule has 4 nitrogen and oxygen atoms in total. The van der Waals surface area contributed by atoms with E-state index < -0.39 is 0 Å². The summed E-state index contributed by atoms with van der Waals surface area (Å²) in [5, 5.41) is 0. The van der Waals surface area contributed by atoms with E-state index in [4.69, 9.17) is 9.47 Å². The predicted octanol–water partition coefficient (Wildman–Crippen LogP) is 6.43. The fourth-order valence-electron chi connectivity index (χ4n) is 3.88. The highest BCUT2D eigenvalue weighted by atomic mass is 16.5. The number of methoxy groups -OCH3 is 1. The minimum Gasteiger partial charge on any atom is -0.496 e. The van der Waals surface area contributed by atoms with Gasteiger partial charge in [0.15, 0.2) is 0 Å². The maximum Gasteiger partial charge on any atom is 0.254 e. The van der Waals surface area contributed by atoms with Crippen molar-refractivity contribution in [1.82, 2.24) is 4.90 Å². The molecule has 4 aromatic carbocycles. The van der Waals surface area contributed by atoms with Crippen LogP contribution in [-0.2, 0) is 19.7 Å². The normalized spacial score (nSPS) is 10.5. The molecule has 0 N–H and O–H groups in total. The Bertz CT molecular complexity index is 1180. The smallest absolute Gasteiger partial charge is 0.254 e. The van der Waals surface area contributed by atoms with E-state index in [2.05, 4.69) is 0 Å². The van der Waals surface area contributed by atoms with Crippen molar-refractivity contribution < 1.29 is 14.3 Å². The van der Waals surface area contributed by atoms with E-state index in [9.17, 15) is 4.79 Å². The monoisotopic (exact) mass is 451 g/mol. The maximum atomic E-state index is 13.7. The first-order valence-corrected chi connectivity index (χ1v) is 11.4. The molecule has 0 bridgehead atoms. The number of amides is 1. The molecule has 0 spiro atoms. The highest BCUT2D eigenvalue weighted by Gasteiger charge is 2.19. The third-order valence-electron chi connectivity index (χ3n) is 5.63. The molecule has 0 saturated heterocycles. The Balaban J connectivity index is 1.58. The third-order valence-corrected chi connectivity index (χ3v) is 5.63. The van der Waals surface area contributed by atoms with Gasteiger partial charge in [-0.1, -0.05) is 72.8 Å². The standard InChI is InChI=1S/C30H29NO3/c1-23-10-9-15-28(18-23)34-22-27-19-26(16-17-29(27)33-2)30(32)31(20-24-11-5-3-6-12-24)21-25-13-7-4-8-14-25/h3-19H,20-22H2,1-2H3. The molecule has 4 rings (SSSR count). The Labute approximate surface area is 201 Å². The molecule has 0 aliphatic heterocycles. The second-order valence-electron chi connectivity index (χ2n) is 8.26. The van der Waals surface area contributed by atoms with Gasteiger partial charge in [-0.3, -0.25) is 4.79 Å². The van der Waals surface area contributed by atoms with E-state index in [1.54, 1.807) is 7.11 Å². The first-order valence-electron chi connectivity index (χ1n) is 11.4. The molecule has 1 amide bonds. The summed E-state index contributed by atoms with van der Waals surface area (Å²) in [6, 6.07) is 33.6. The molecule has 34 heavy (non-hydrogen) atoms. The molecule has 0 heterocycles. The zero-order chi connectivity index (χ0) is 23.8. The van der Waals surface area contributed by atoms with Crippen molar-refractivity contribution in [3.63, 3.8) is 0 Å². The predicted molar refractivity (Wildman–Crippen MR) is 135 cm³/mol. The van der Waals surface area contributed by atoms with Crippen molar-refractivity contribution in [2.75, 3.05) is 7.11 Å². The van der Waals surface area contributed by atoms with Gasteiger partial charge >= 0.3 is 0 Å². The first kappa shape index (κ1) is 23.1. The molecule has 0 radical (unpaired) electrons. The summed E-state index contributed by atoms with van der Waals surface area (Å²) in [4.78, 5) is 15.5. The number of benzene rings is 4. The van der Waals surface area contributed by atoms with Crippen LogP contribution in [0.3, 0.4) is 0 Å². The molecule has 172 valence electrons. The SMILES string of the molecule is COc1ccc(C(=O)N(Cc2ccccc2)Cc2ccccc2)cc1COc1cccc(C)c1. The van der Waals surface area contributed by atoms with Gasteiger partial charge in [0.1, 0.15) is 18.1 Å². The summed E-state index contributed by atoms with van der Waals surface area (Å²) in [5.74, 6) is 1.45. The summed E-state index contributed by atoms with van der Waals surface area (Å²) in [6.45, 7) is 3.39. The molecule has 4 heteroatoms. The molecule has 0 unspecified atom stereocenters. The Morgan fingerprint density at radius 1 is 0.765 bits per heavy atom. The number of ether oxygens (including phenoxy) is 2. The van der Waals surface area contributed by atoms with Crippen molar-refractivity contribution in [2.24, 2.45) is 0 Å². The minimum absolute atomic E-state index is 0.0350. The van der Waals surface area contributed by atoms with Gasteiger partial charge in [-0.15, -0.1) is 0 Å². The van der Waals surface area contributed by atoms with E-state index in [1.165, 1.54) is 0 Å². The third kappa shape index (κ3) is 6.04. The summed E-state index contributed by atoms with van der Waals surface area (Å²) in [7, 11) is 1.63.